The number of nitrogens with one attached hydrogen (secondary N) is 1. The van der Waals surface area contributed by atoms with E-state index in [1.165, 1.54) is 30.7 Å². The second-order valence-corrected chi connectivity index (χ2v) is 6.86. The third kappa shape index (κ3) is 7.58. The van der Waals surface area contributed by atoms with E-state index in [4.69, 9.17) is 0 Å². The zero-order valence-electron chi connectivity index (χ0n) is 18.2. The van der Waals surface area contributed by atoms with Gasteiger partial charge < -0.3 is 10.1 Å². The third-order valence-electron chi connectivity index (χ3n) is 4.19. The van der Waals surface area contributed by atoms with Gasteiger partial charge in [-0.3, -0.25) is 0 Å². The number of aryl methyl sites for hydroxylation is 1. The highest BCUT2D eigenvalue weighted by atomic mass is 19.4. The van der Waals surface area contributed by atoms with Crippen LogP contribution in [0.1, 0.15) is 44.0 Å². The van der Waals surface area contributed by atoms with Crippen molar-refractivity contribution >= 4 is 5.82 Å². The number of anilines is 1. The maximum absolute atomic E-state index is 12.2. The molecule has 1 N–H and O–H groups in total. The van der Waals surface area contributed by atoms with Gasteiger partial charge in [-0.1, -0.05) is 27.2 Å². The first-order valence-corrected chi connectivity index (χ1v) is 10.2. The maximum atomic E-state index is 12.2. The number of hydrogen-bond donors (Lipinski definition) is 1. The number of aromatic nitrogens is 4. The summed E-state index contributed by atoms with van der Waals surface area (Å²) in [5, 5.41) is 7.58. The highest BCUT2D eigenvalue weighted by Gasteiger charge is 2.30. The molecule has 3 aromatic rings. The predicted molar refractivity (Wildman–Crippen MR) is 115 cm³/mol. The van der Waals surface area contributed by atoms with Gasteiger partial charge in [-0.2, -0.15) is 5.10 Å². The molecule has 0 radical (unpaired) electrons. The molecule has 0 aliphatic heterocycles. The van der Waals surface area contributed by atoms with E-state index < -0.39 is 6.36 Å². The molecule has 0 unspecified atom stereocenters. The first-order valence-electron chi connectivity index (χ1n) is 10.2. The first-order chi connectivity index (χ1) is 14.8. The number of ether oxygens (including phenoxy) is 1. The largest absolute Gasteiger partial charge is 0.573 e. The van der Waals surface area contributed by atoms with E-state index in [0.29, 0.717) is 12.2 Å². The molecule has 0 saturated carbocycles. The highest BCUT2D eigenvalue weighted by molar-refractivity contribution is 5.45. The van der Waals surface area contributed by atoms with Gasteiger partial charge in [0.05, 0.1) is 11.9 Å². The molecular weight excluding hydrogens is 407 g/mol. The summed E-state index contributed by atoms with van der Waals surface area (Å²) in [5.74, 6) is 0.572. The molecule has 9 heteroatoms. The van der Waals surface area contributed by atoms with Crippen LogP contribution in [-0.4, -0.2) is 32.7 Å². The summed E-state index contributed by atoms with van der Waals surface area (Å²) >= 11 is 0. The van der Waals surface area contributed by atoms with Crippen molar-refractivity contribution in [3.63, 3.8) is 0 Å². The minimum Gasteiger partial charge on any atom is -0.406 e. The molecule has 0 aliphatic rings. The maximum Gasteiger partial charge on any atom is 0.573 e. The number of rotatable bonds is 7. The molecule has 3 rings (SSSR count). The highest BCUT2D eigenvalue weighted by Crippen LogP contribution is 2.23. The van der Waals surface area contributed by atoms with E-state index in [1.54, 1.807) is 17.2 Å². The molecule has 6 nitrogen and oxygen atoms in total. The van der Waals surface area contributed by atoms with E-state index in [9.17, 15) is 13.2 Å². The summed E-state index contributed by atoms with van der Waals surface area (Å²) in [6.45, 7) is 8.94. The van der Waals surface area contributed by atoms with Crippen molar-refractivity contribution in [1.29, 1.82) is 0 Å². The van der Waals surface area contributed by atoms with Crippen LogP contribution in [0.15, 0.2) is 43.0 Å². The van der Waals surface area contributed by atoms with E-state index >= 15 is 0 Å². The molecule has 0 bridgehead atoms. The van der Waals surface area contributed by atoms with Gasteiger partial charge in [-0.05, 0) is 49.6 Å². The van der Waals surface area contributed by atoms with Crippen molar-refractivity contribution in [3.05, 3.63) is 59.8 Å². The molecule has 2 heterocycles. The van der Waals surface area contributed by atoms with Gasteiger partial charge in [0, 0.05) is 24.0 Å². The number of hydrogen-bond acceptors (Lipinski definition) is 5. The molecule has 0 aliphatic carbocycles. The number of benzene rings is 1. The number of nitrogens with zero attached hydrogens (tertiary/aromatic N) is 4. The Hall–Kier alpha value is -3.10. The van der Waals surface area contributed by atoms with Gasteiger partial charge in [0.1, 0.15) is 17.9 Å². The minimum absolute atomic E-state index is 0.264. The summed E-state index contributed by atoms with van der Waals surface area (Å²) in [4.78, 5) is 8.50. The van der Waals surface area contributed by atoms with Gasteiger partial charge in [-0.15, -0.1) is 13.2 Å². The second kappa shape index (κ2) is 11.3. The smallest absolute Gasteiger partial charge is 0.406 e. The zero-order chi connectivity index (χ0) is 22.9. The fourth-order valence-corrected chi connectivity index (χ4v) is 2.83. The van der Waals surface area contributed by atoms with Crippen molar-refractivity contribution in [1.82, 2.24) is 19.7 Å². The van der Waals surface area contributed by atoms with E-state index in [-0.39, 0.29) is 5.75 Å². The van der Waals surface area contributed by atoms with Crippen LogP contribution in [0.3, 0.4) is 0 Å². The van der Waals surface area contributed by atoms with E-state index in [2.05, 4.69) is 45.9 Å². The quantitative estimate of drug-likeness (QED) is 0.531. The number of alkyl halides is 3. The zero-order valence-corrected chi connectivity index (χ0v) is 18.2. The van der Waals surface area contributed by atoms with Crippen molar-refractivity contribution in [2.75, 3.05) is 11.9 Å². The summed E-state index contributed by atoms with van der Waals surface area (Å²) < 4.78 is 42.2. The van der Waals surface area contributed by atoms with Crippen LogP contribution in [0.25, 0.3) is 5.69 Å². The lowest BCUT2D eigenvalue weighted by Crippen LogP contribution is -2.17. The molecule has 1 aromatic carbocycles. The Balaban J connectivity index is 0.00000107. The third-order valence-corrected chi connectivity index (χ3v) is 4.19. The Morgan fingerprint density at radius 2 is 1.74 bits per heavy atom. The Morgan fingerprint density at radius 1 is 1.06 bits per heavy atom. The fraction of sp³-hybridized carbons (Fsp3) is 0.409. The number of halogens is 3. The standard InChI is InChI=1S/C19H20F3N5O.C3H8/c1-3-17-13(2)24-12-25-18(17)23-9-8-14-10-26-27(11-14)15-4-6-16(7-5-15)28-19(20,21)22;1-3-2/h4-7,10-12H,3,8-9H2,1-2H3,(H,23,24,25);3H2,1-2H3. The van der Waals surface area contributed by atoms with Gasteiger partial charge in [-0.25, -0.2) is 14.6 Å². The van der Waals surface area contributed by atoms with Crippen molar-refractivity contribution in [3.8, 4) is 11.4 Å². The molecule has 31 heavy (non-hydrogen) atoms. The van der Waals surface area contributed by atoms with Crippen LogP contribution in [0.2, 0.25) is 0 Å². The van der Waals surface area contributed by atoms with Crippen LogP contribution >= 0.6 is 0 Å². The van der Waals surface area contributed by atoms with E-state index in [0.717, 1.165) is 35.5 Å². The van der Waals surface area contributed by atoms with Gasteiger partial charge >= 0.3 is 6.36 Å². The lowest BCUT2D eigenvalue weighted by molar-refractivity contribution is -0.274. The Bertz CT molecular complexity index is 939. The van der Waals surface area contributed by atoms with E-state index in [1.807, 2.05) is 13.1 Å². The van der Waals surface area contributed by atoms with Crippen molar-refractivity contribution in [2.24, 2.45) is 0 Å². The normalized spacial score (nSPS) is 10.9. The van der Waals surface area contributed by atoms with Gasteiger partial charge in [0.15, 0.2) is 0 Å². The lowest BCUT2D eigenvalue weighted by Gasteiger charge is -2.10. The fourth-order valence-electron chi connectivity index (χ4n) is 2.83. The molecule has 168 valence electrons. The molecular formula is C22H28F3N5O. The van der Waals surface area contributed by atoms with Crippen LogP contribution in [0.4, 0.5) is 19.0 Å². The minimum atomic E-state index is -4.70. The molecule has 0 atom stereocenters. The monoisotopic (exact) mass is 435 g/mol. The van der Waals surface area contributed by atoms with Crippen molar-refractivity contribution < 1.29 is 17.9 Å². The Labute approximate surface area is 180 Å². The second-order valence-electron chi connectivity index (χ2n) is 6.86. The first kappa shape index (κ1) is 24.2. The molecule has 0 fully saturated rings. The van der Waals surface area contributed by atoms with Crippen LogP contribution in [0.5, 0.6) is 5.75 Å². The van der Waals surface area contributed by atoms with Crippen LogP contribution < -0.4 is 10.1 Å². The van der Waals surface area contributed by atoms with Crippen LogP contribution in [0, 0.1) is 6.92 Å². The Kier molecular flexibility index (Phi) is 8.84. The molecule has 2 aromatic heterocycles. The van der Waals surface area contributed by atoms with Gasteiger partial charge in [0.25, 0.3) is 0 Å². The molecule has 0 spiro atoms. The lowest BCUT2D eigenvalue weighted by atomic mass is 10.1. The summed E-state index contributed by atoms with van der Waals surface area (Å²) in [6, 6.07) is 5.56. The topological polar surface area (TPSA) is 64.9 Å². The average molecular weight is 435 g/mol. The van der Waals surface area contributed by atoms with Crippen LogP contribution in [-0.2, 0) is 12.8 Å². The molecule has 0 saturated heterocycles. The summed E-state index contributed by atoms with van der Waals surface area (Å²) in [5.41, 5.74) is 3.70. The van der Waals surface area contributed by atoms with Crippen molar-refractivity contribution in [2.45, 2.75) is 53.3 Å². The average Bonchev–Trinajstić information content (AvgIpc) is 3.17. The summed E-state index contributed by atoms with van der Waals surface area (Å²) in [7, 11) is 0. The van der Waals surface area contributed by atoms with Gasteiger partial charge in [0.2, 0.25) is 0 Å². The SMILES string of the molecule is CCC.CCc1c(C)ncnc1NCCc1cnn(-c2ccc(OC(F)(F)F)cc2)c1. The Morgan fingerprint density at radius 3 is 2.35 bits per heavy atom. The molecule has 0 amide bonds. The predicted octanol–water partition coefficient (Wildman–Crippen LogP) is 5.50. The summed E-state index contributed by atoms with van der Waals surface area (Å²) in [6.07, 6.45) is 3.23.